The van der Waals surface area contributed by atoms with Crippen molar-refractivity contribution in [1.82, 2.24) is 4.90 Å². The van der Waals surface area contributed by atoms with Gasteiger partial charge in [0.1, 0.15) is 11.5 Å². The van der Waals surface area contributed by atoms with Crippen LogP contribution >= 0.6 is 0 Å². The van der Waals surface area contributed by atoms with Gasteiger partial charge in [-0.1, -0.05) is 0 Å². The van der Waals surface area contributed by atoms with Crippen LogP contribution in [0.4, 0.5) is 0 Å². The van der Waals surface area contributed by atoms with Gasteiger partial charge < -0.3 is 20.8 Å². The van der Waals surface area contributed by atoms with Crippen molar-refractivity contribution in [3.05, 3.63) is 23.8 Å². The molecule has 5 nitrogen and oxygen atoms in total. The maximum Gasteiger partial charge on any atom is 0.257 e. The van der Waals surface area contributed by atoms with E-state index in [1.807, 2.05) is 13.8 Å². The quantitative estimate of drug-likeness (QED) is 0.727. The van der Waals surface area contributed by atoms with Crippen molar-refractivity contribution >= 4 is 5.91 Å². The predicted molar refractivity (Wildman–Crippen MR) is 65.0 cm³/mol. The van der Waals surface area contributed by atoms with Gasteiger partial charge in [-0.25, -0.2) is 0 Å². The molecule has 1 rings (SSSR count). The maximum absolute atomic E-state index is 12.1. The molecule has 4 N–H and O–H groups in total. The molecule has 17 heavy (non-hydrogen) atoms. The van der Waals surface area contributed by atoms with Crippen LogP contribution in [0.3, 0.4) is 0 Å². The van der Waals surface area contributed by atoms with Gasteiger partial charge in [0.05, 0.1) is 5.56 Å². The van der Waals surface area contributed by atoms with Crippen molar-refractivity contribution in [3.8, 4) is 11.5 Å². The summed E-state index contributed by atoms with van der Waals surface area (Å²) in [6, 6.07) is 3.92. The molecular weight excluding hydrogens is 220 g/mol. The first kappa shape index (κ1) is 13.3. The van der Waals surface area contributed by atoms with Crippen molar-refractivity contribution < 1.29 is 15.0 Å². The first-order chi connectivity index (χ1) is 7.97. The number of amides is 1. The summed E-state index contributed by atoms with van der Waals surface area (Å²) in [5.41, 5.74) is 5.62. The molecule has 0 saturated heterocycles. The van der Waals surface area contributed by atoms with Crippen molar-refractivity contribution in [2.45, 2.75) is 19.9 Å². The Morgan fingerprint density at radius 2 is 2.06 bits per heavy atom. The lowest BCUT2D eigenvalue weighted by atomic mass is 10.1. The molecule has 1 amide bonds. The smallest absolute Gasteiger partial charge is 0.257 e. The molecular formula is C12H18N2O3. The molecule has 0 fully saturated rings. The molecule has 0 radical (unpaired) electrons. The number of phenolic OH excluding ortho intramolecular Hbond substituents is 2. The minimum absolute atomic E-state index is 0.000692. The van der Waals surface area contributed by atoms with E-state index >= 15 is 0 Å². The zero-order valence-corrected chi connectivity index (χ0v) is 10.1. The first-order valence-electron chi connectivity index (χ1n) is 5.50. The largest absolute Gasteiger partial charge is 0.508 e. The third-order valence-electron chi connectivity index (χ3n) is 2.47. The van der Waals surface area contributed by atoms with Crippen molar-refractivity contribution in [2.75, 3.05) is 13.1 Å². The van der Waals surface area contributed by atoms with E-state index in [4.69, 9.17) is 10.8 Å². The van der Waals surface area contributed by atoms with Gasteiger partial charge in [-0.3, -0.25) is 4.79 Å². The molecule has 0 aliphatic carbocycles. The molecule has 0 heterocycles. The number of nitrogens with two attached hydrogens (primary N) is 1. The van der Waals surface area contributed by atoms with Crippen LogP contribution in [-0.2, 0) is 0 Å². The second-order valence-corrected chi connectivity index (χ2v) is 4.08. The van der Waals surface area contributed by atoms with Crippen molar-refractivity contribution in [1.29, 1.82) is 0 Å². The summed E-state index contributed by atoms with van der Waals surface area (Å²) in [6.07, 6.45) is 0. The summed E-state index contributed by atoms with van der Waals surface area (Å²) in [5.74, 6) is -0.588. The van der Waals surface area contributed by atoms with Gasteiger partial charge in [-0.2, -0.15) is 0 Å². The summed E-state index contributed by atoms with van der Waals surface area (Å²) in [6.45, 7) is 4.55. The van der Waals surface area contributed by atoms with Crippen LogP contribution in [0.25, 0.3) is 0 Å². The molecule has 94 valence electrons. The predicted octanol–water partition coefficient (Wildman–Crippen LogP) is 0.907. The molecule has 5 heteroatoms. The maximum atomic E-state index is 12.1. The van der Waals surface area contributed by atoms with E-state index < -0.39 is 0 Å². The van der Waals surface area contributed by atoms with E-state index in [0.717, 1.165) is 6.07 Å². The molecule has 0 aromatic heterocycles. The highest BCUT2D eigenvalue weighted by Crippen LogP contribution is 2.24. The standard InChI is InChI=1S/C12H18N2O3/c1-8(2)14(6-5-13)12(17)10-4-3-9(15)7-11(10)16/h3-4,7-8,15-16H,5-6,13H2,1-2H3. The van der Waals surface area contributed by atoms with E-state index in [9.17, 15) is 9.90 Å². The van der Waals surface area contributed by atoms with Gasteiger partial charge in [0.2, 0.25) is 0 Å². The van der Waals surface area contributed by atoms with Crippen LogP contribution in [0, 0.1) is 0 Å². The Labute approximate surface area is 100 Å². The zero-order chi connectivity index (χ0) is 13.0. The van der Waals surface area contributed by atoms with Crippen molar-refractivity contribution in [3.63, 3.8) is 0 Å². The topological polar surface area (TPSA) is 86.8 Å². The molecule has 0 aliphatic heterocycles. The van der Waals surface area contributed by atoms with Gasteiger partial charge in [-0.05, 0) is 26.0 Å². The number of phenols is 2. The van der Waals surface area contributed by atoms with E-state index in [2.05, 4.69) is 0 Å². The molecule has 1 aromatic carbocycles. The van der Waals surface area contributed by atoms with E-state index in [-0.39, 0.29) is 29.0 Å². The fourth-order valence-corrected chi connectivity index (χ4v) is 1.59. The number of hydrogen-bond donors (Lipinski definition) is 3. The Balaban J connectivity index is 3.01. The van der Waals surface area contributed by atoms with Crippen LogP contribution in [0.15, 0.2) is 18.2 Å². The highest BCUT2D eigenvalue weighted by atomic mass is 16.3. The zero-order valence-electron chi connectivity index (χ0n) is 10.1. The van der Waals surface area contributed by atoms with Gasteiger partial charge in [0.15, 0.2) is 0 Å². The lowest BCUT2D eigenvalue weighted by Gasteiger charge is -2.26. The van der Waals surface area contributed by atoms with E-state index in [1.165, 1.54) is 12.1 Å². The summed E-state index contributed by atoms with van der Waals surface area (Å²) in [7, 11) is 0. The van der Waals surface area contributed by atoms with E-state index in [1.54, 1.807) is 4.90 Å². The van der Waals surface area contributed by atoms with Crippen molar-refractivity contribution in [2.24, 2.45) is 5.73 Å². The number of rotatable bonds is 4. The Bertz CT molecular complexity index is 405. The van der Waals surface area contributed by atoms with Crippen LogP contribution in [0.1, 0.15) is 24.2 Å². The highest BCUT2D eigenvalue weighted by molar-refractivity contribution is 5.97. The third-order valence-corrected chi connectivity index (χ3v) is 2.47. The SMILES string of the molecule is CC(C)N(CCN)C(=O)c1ccc(O)cc1O. The Morgan fingerprint density at radius 3 is 2.53 bits per heavy atom. The lowest BCUT2D eigenvalue weighted by molar-refractivity contribution is 0.0709. The second-order valence-electron chi connectivity index (χ2n) is 4.08. The highest BCUT2D eigenvalue weighted by Gasteiger charge is 2.20. The van der Waals surface area contributed by atoms with Gasteiger partial charge in [-0.15, -0.1) is 0 Å². The van der Waals surface area contributed by atoms with Gasteiger partial charge >= 0.3 is 0 Å². The van der Waals surface area contributed by atoms with Gasteiger partial charge in [0, 0.05) is 25.2 Å². The number of hydrogen-bond acceptors (Lipinski definition) is 4. The average Bonchev–Trinajstić information content (AvgIpc) is 2.24. The molecule has 0 spiro atoms. The summed E-state index contributed by atoms with van der Waals surface area (Å²) >= 11 is 0. The average molecular weight is 238 g/mol. The Kier molecular flexibility index (Phi) is 4.34. The molecule has 0 atom stereocenters. The third kappa shape index (κ3) is 3.10. The van der Waals surface area contributed by atoms with Crippen LogP contribution in [0.2, 0.25) is 0 Å². The lowest BCUT2D eigenvalue weighted by Crippen LogP contribution is -2.40. The monoisotopic (exact) mass is 238 g/mol. The minimum atomic E-state index is -0.289. The van der Waals surface area contributed by atoms with Crippen LogP contribution in [0.5, 0.6) is 11.5 Å². The first-order valence-corrected chi connectivity index (χ1v) is 5.50. The summed E-state index contributed by atoms with van der Waals surface area (Å²) in [4.78, 5) is 13.7. The fraction of sp³-hybridized carbons (Fsp3) is 0.417. The number of carbonyl (C=O) groups excluding carboxylic acids is 1. The Hall–Kier alpha value is -1.75. The minimum Gasteiger partial charge on any atom is -0.508 e. The molecule has 0 unspecified atom stereocenters. The number of benzene rings is 1. The molecule has 0 aliphatic rings. The molecule has 0 bridgehead atoms. The Morgan fingerprint density at radius 1 is 1.41 bits per heavy atom. The molecule has 0 saturated carbocycles. The second kappa shape index (κ2) is 5.54. The number of carbonyl (C=O) groups is 1. The summed E-state index contributed by atoms with van der Waals surface area (Å²) in [5, 5.41) is 18.8. The van der Waals surface area contributed by atoms with Crippen LogP contribution < -0.4 is 5.73 Å². The van der Waals surface area contributed by atoms with Gasteiger partial charge in [0.25, 0.3) is 5.91 Å². The van der Waals surface area contributed by atoms with Crippen LogP contribution in [-0.4, -0.2) is 40.2 Å². The summed E-state index contributed by atoms with van der Waals surface area (Å²) < 4.78 is 0. The normalized spacial score (nSPS) is 10.6. The number of nitrogens with zero attached hydrogens (tertiary/aromatic N) is 1. The fourth-order valence-electron chi connectivity index (χ4n) is 1.59. The van der Waals surface area contributed by atoms with E-state index in [0.29, 0.717) is 13.1 Å². The molecule has 1 aromatic rings. The number of aromatic hydroxyl groups is 2.